The maximum Gasteiger partial charge on any atom is 0.188 e. The Kier molecular flexibility index (Phi) is 7.06. The van der Waals surface area contributed by atoms with Gasteiger partial charge in [0.1, 0.15) is 14.6 Å². The predicted molar refractivity (Wildman–Crippen MR) is 131 cm³/mol. The molecule has 0 unspecified atom stereocenters. The minimum Gasteiger partial charge on any atom is -0.490 e. The van der Waals surface area contributed by atoms with Crippen LogP contribution in [0.25, 0.3) is 0 Å². The predicted octanol–water partition coefficient (Wildman–Crippen LogP) is 5.34. The average Bonchev–Trinajstić information content (AvgIpc) is 2.83. The summed E-state index contributed by atoms with van der Waals surface area (Å²) in [5.74, 6) is -1.20. The minimum absolute atomic E-state index is 0.00161. The van der Waals surface area contributed by atoms with Crippen molar-refractivity contribution in [1.82, 2.24) is 0 Å². The van der Waals surface area contributed by atoms with Crippen LogP contribution in [-0.2, 0) is 30.8 Å². The van der Waals surface area contributed by atoms with E-state index in [1.54, 1.807) is 25.1 Å². The molecule has 1 heterocycles. The first-order valence-electron chi connectivity index (χ1n) is 11.7. The Morgan fingerprint density at radius 2 is 1.79 bits per heavy atom. The van der Waals surface area contributed by atoms with Crippen LogP contribution in [0.5, 0.6) is 5.75 Å². The van der Waals surface area contributed by atoms with Crippen LogP contribution >= 0.6 is 11.6 Å². The first kappa shape index (κ1) is 25.5. The highest BCUT2D eigenvalue weighted by molar-refractivity contribution is 7.92. The summed E-state index contributed by atoms with van der Waals surface area (Å²) < 4.78 is 73.0. The third-order valence-corrected chi connectivity index (χ3v) is 12.1. The summed E-state index contributed by atoms with van der Waals surface area (Å²) in [5.41, 5.74) is 1.14. The van der Waals surface area contributed by atoms with Crippen LogP contribution in [0.4, 0.5) is 4.39 Å². The number of benzene rings is 2. The Morgan fingerprint density at radius 1 is 1.09 bits per heavy atom. The van der Waals surface area contributed by atoms with Gasteiger partial charge < -0.3 is 4.74 Å². The molecule has 4 rings (SSSR count). The standard InChI is InChI=1S/C25H30ClFO5S2/c1-3-17-7-12-22(27)24-23(17)25(34(30,31)20-10-8-19(26)9-11-20)14-5-6-18(21(25)16-32-24)13-15-33(28,29)4-2/h7-12,18,21H,3-6,13-16H2,1-2H3/t18-,21-,25-/m0/s1. The van der Waals surface area contributed by atoms with Crippen molar-refractivity contribution >= 4 is 31.3 Å². The van der Waals surface area contributed by atoms with Gasteiger partial charge in [-0.2, -0.15) is 0 Å². The van der Waals surface area contributed by atoms with E-state index in [1.165, 1.54) is 18.2 Å². The summed E-state index contributed by atoms with van der Waals surface area (Å²) in [6.45, 7) is 3.55. The lowest BCUT2D eigenvalue weighted by molar-refractivity contribution is 0.0758. The van der Waals surface area contributed by atoms with Crippen molar-refractivity contribution in [1.29, 1.82) is 0 Å². The van der Waals surface area contributed by atoms with Crippen molar-refractivity contribution in [3.8, 4) is 5.75 Å². The molecule has 0 N–H and O–H groups in total. The SMILES string of the molecule is CCc1ccc(F)c2c1[C@]1(S(=O)(=O)c3ccc(Cl)cc3)CCC[C@@H](CCS(=O)(=O)CC)[C@@H]1CO2. The molecule has 0 saturated heterocycles. The Bertz CT molecular complexity index is 1280. The van der Waals surface area contributed by atoms with Crippen molar-refractivity contribution < 1.29 is 26.0 Å². The second-order valence-corrected chi connectivity index (χ2v) is 14.3. The van der Waals surface area contributed by atoms with Crippen LogP contribution in [-0.4, -0.2) is 34.9 Å². The van der Waals surface area contributed by atoms with Gasteiger partial charge in [0.25, 0.3) is 0 Å². The van der Waals surface area contributed by atoms with Gasteiger partial charge in [0.2, 0.25) is 0 Å². The summed E-state index contributed by atoms with van der Waals surface area (Å²) in [5, 5.41) is 0.423. The molecule has 2 aromatic carbocycles. The lowest BCUT2D eigenvalue weighted by Gasteiger charge is -2.51. The maximum atomic E-state index is 15.0. The van der Waals surface area contributed by atoms with Crippen molar-refractivity contribution in [2.75, 3.05) is 18.1 Å². The van der Waals surface area contributed by atoms with Gasteiger partial charge in [-0.3, -0.25) is 0 Å². The van der Waals surface area contributed by atoms with Crippen LogP contribution < -0.4 is 4.74 Å². The van der Waals surface area contributed by atoms with Gasteiger partial charge in [0.15, 0.2) is 21.4 Å². The molecule has 34 heavy (non-hydrogen) atoms. The van der Waals surface area contributed by atoms with E-state index >= 15 is 0 Å². The second kappa shape index (κ2) is 9.43. The van der Waals surface area contributed by atoms with E-state index in [0.717, 1.165) is 5.56 Å². The molecule has 1 saturated carbocycles. The van der Waals surface area contributed by atoms with E-state index in [4.69, 9.17) is 16.3 Å². The summed E-state index contributed by atoms with van der Waals surface area (Å²) in [7, 11) is -7.22. The van der Waals surface area contributed by atoms with Gasteiger partial charge in [0, 0.05) is 22.3 Å². The molecule has 2 aliphatic rings. The van der Waals surface area contributed by atoms with E-state index in [1.807, 2.05) is 6.92 Å². The number of rotatable bonds is 7. The smallest absolute Gasteiger partial charge is 0.188 e. The van der Waals surface area contributed by atoms with E-state index < -0.39 is 36.2 Å². The molecule has 0 amide bonds. The zero-order valence-electron chi connectivity index (χ0n) is 19.4. The lowest BCUT2D eigenvalue weighted by Crippen LogP contribution is -2.54. The molecule has 186 valence electrons. The molecular formula is C25H30ClFO5S2. The highest BCUT2D eigenvalue weighted by Crippen LogP contribution is 2.59. The average molecular weight is 529 g/mol. The monoisotopic (exact) mass is 528 g/mol. The zero-order chi connectivity index (χ0) is 24.7. The van der Waals surface area contributed by atoms with E-state index in [-0.39, 0.29) is 34.7 Å². The molecule has 1 aliphatic heterocycles. The molecule has 9 heteroatoms. The van der Waals surface area contributed by atoms with Gasteiger partial charge in [0.05, 0.1) is 17.3 Å². The van der Waals surface area contributed by atoms with Crippen molar-refractivity contribution in [3.05, 3.63) is 58.4 Å². The normalized spacial score (nSPS) is 24.7. The lowest BCUT2D eigenvalue weighted by atomic mass is 9.66. The second-order valence-electron chi connectivity index (χ2n) is 9.21. The highest BCUT2D eigenvalue weighted by atomic mass is 35.5. The third-order valence-electron chi connectivity index (χ3n) is 7.54. The molecule has 5 nitrogen and oxygen atoms in total. The van der Waals surface area contributed by atoms with Crippen LogP contribution in [0.2, 0.25) is 5.02 Å². The first-order valence-corrected chi connectivity index (χ1v) is 15.4. The van der Waals surface area contributed by atoms with Crippen molar-refractivity contribution in [2.45, 2.75) is 55.6 Å². The van der Waals surface area contributed by atoms with Crippen LogP contribution in [0.3, 0.4) is 0 Å². The number of fused-ring (bicyclic) bond motifs is 3. The molecule has 0 spiro atoms. The minimum atomic E-state index is -4.01. The molecule has 2 aromatic rings. The number of aryl methyl sites for hydroxylation is 1. The fourth-order valence-electron chi connectivity index (χ4n) is 5.76. The Labute approximate surface area is 206 Å². The van der Waals surface area contributed by atoms with Crippen LogP contribution in [0.15, 0.2) is 41.3 Å². The van der Waals surface area contributed by atoms with Crippen molar-refractivity contribution in [2.24, 2.45) is 11.8 Å². The largest absolute Gasteiger partial charge is 0.490 e. The van der Waals surface area contributed by atoms with Crippen molar-refractivity contribution in [3.63, 3.8) is 0 Å². The summed E-state index contributed by atoms with van der Waals surface area (Å²) in [6.07, 6.45) is 2.50. The highest BCUT2D eigenvalue weighted by Gasteiger charge is 2.60. The van der Waals surface area contributed by atoms with Crippen LogP contribution in [0, 0.1) is 17.7 Å². The molecule has 0 bridgehead atoms. The maximum absolute atomic E-state index is 15.0. The molecule has 0 radical (unpaired) electrons. The molecular weight excluding hydrogens is 499 g/mol. The molecule has 1 aliphatic carbocycles. The van der Waals surface area contributed by atoms with Gasteiger partial charge >= 0.3 is 0 Å². The molecule has 0 aromatic heterocycles. The summed E-state index contributed by atoms with van der Waals surface area (Å²) in [6, 6.07) is 9.05. The van der Waals surface area contributed by atoms with E-state index in [9.17, 15) is 21.2 Å². The summed E-state index contributed by atoms with van der Waals surface area (Å²) >= 11 is 6.03. The molecule has 3 atom stereocenters. The summed E-state index contributed by atoms with van der Waals surface area (Å²) in [4.78, 5) is 0.128. The van der Waals surface area contributed by atoms with Gasteiger partial charge in [-0.15, -0.1) is 0 Å². The van der Waals surface area contributed by atoms with Crippen LogP contribution in [0.1, 0.15) is 50.7 Å². The Morgan fingerprint density at radius 3 is 2.44 bits per heavy atom. The first-order chi connectivity index (χ1) is 16.1. The fourth-order valence-corrected chi connectivity index (χ4v) is 9.32. The van der Waals surface area contributed by atoms with Gasteiger partial charge in [-0.1, -0.05) is 37.9 Å². The number of halogens is 2. The topological polar surface area (TPSA) is 77.5 Å². The Balaban J connectivity index is 1.94. The quantitative estimate of drug-likeness (QED) is 0.484. The third kappa shape index (κ3) is 4.16. The molecule has 1 fully saturated rings. The number of ether oxygens (including phenoxy) is 1. The van der Waals surface area contributed by atoms with E-state index in [2.05, 4.69) is 0 Å². The Hall–Kier alpha value is -1.64. The fraction of sp³-hybridized carbons (Fsp3) is 0.520. The number of hydrogen-bond donors (Lipinski definition) is 0. The number of sulfone groups is 2. The van der Waals surface area contributed by atoms with Gasteiger partial charge in [-0.25, -0.2) is 21.2 Å². The zero-order valence-corrected chi connectivity index (χ0v) is 21.8. The van der Waals surface area contributed by atoms with E-state index in [0.29, 0.717) is 42.7 Å². The number of hydrogen-bond acceptors (Lipinski definition) is 5. The van der Waals surface area contributed by atoms with Gasteiger partial charge in [-0.05, 0) is 67.5 Å².